The quantitative estimate of drug-likeness (QED) is 0.210. The van der Waals surface area contributed by atoms with E-state index in [4.69, 9.17) is 0 Å². The van der Waals surface area contributed by atoms with Crippen molar-refractivity contribution in [2.75, 3.05) is 12.4 Å². The number of rotatable bonds is 3. The molecule has 6 heteroatoms. The van der Waals surface area contributed by atoms with Gasteiger partial charge in [-0.1, -0.05) is 6.92 Å². The molecular weight excluding hydrogens is 191 g/mol. The van der Waals surface area contributed by atoms with E-state index in [0.717, 1.165) is 6.42 Å². The average Bonchev–Trinajstić information content (AvgIpc) is 1.85. The van der Waals surface area contributed by atoms with E-state index in [2.05, 4.69) is 16.8 Å². The van der Waals surface area contributed by atoms with E-state index in [1.54, 1.807) is 0 Å². The second-order valence-corrected chi connectivity index (χ2v) is 3.23. The summed E-state index contributed by atoms with van der Waals surface area (Å²) in [5, 5.41) is 0. The van der Waals surface area contributed by atoms with Gasteiger partial charge in [-0.2, -0.15) is 0 Å². The Hall–Kier alpha value is 0.270. The van der Waals surface area contributed by atoms with Crippen LogP contribution in [0.25, 0.3) is 0 Å². The first kappa shape index (κ1) is 14.8. The molecule has 0 rings (SSSR count). The first-order valence-corrected chi connectivity index (χ1v) is 4.67. The van der Waals surface area contributed by atoms with Crippen LogP contribution in [-0.2, 0) is 14.9 Å². The predicted octanol–water partition coefficient (Wildman–Crippen LogP) is -3.08. The first-order valence-electron chi connectivity index (χ1n) is 3.09. The Kier molecular flexibility index (Phi) is 9.72. The summed E-state index contributed by atoms with van der Waals surface area (Å²) < 4.78 is 34.5. The molecule has 0 bridgehead atoms. The molecular formula is C6H9NaO4S. The third-order valence-electron chi connectivity index (χ3n) is 0.699. The van der Waals surface area contributed by atoms with Crippen LogP contribution in [0.5, 0.6) is 0 Å². The SMILES string of the molecule is CCCOC#CCS(=O)(=O)[O-].[Na+]. The minimum Gasteiger partial charge on any atom is -0.747 e. The summed E-state index contributed by atoms with van der Waals surface area (Å²) in [6.45, 7) is 2.35. The molecule has 0 aliphatic carbocycles. The molecule has 0 atom stereocenters. The van der Waals surface area contributed by atoms with Gasteiger partial charge in [0, 0.05) is 0 Å². The molecule has 0 fully saturated rings. The maximum absolute atomic E-state index is 9.95. The van der Waals surface area contributed by atoms with E-state index < -0.39 is 15.9 Å². The monoisotopic (exact) mass is 200 g/mol. The van der Waals surface area contributed by atoms with Crippen LogP contribution in [0.3, 0.4) is 0 Å². The van der Waals surface area contributed by atoms with Crippen molar-refractivity contribution >= 4 is 10.1 Å². The Morgan fingerprint density at radius 3 is 2.50 bits per heavy atom. The fourth-order valence-electron chi connectivity index (χ4n) is 0.322. The standard InChI is InChI=1S/C6H10O4S.Na/c1-2-4-10-5-3-6-11(7,8)9;/h2,4,6H2,1H3,(H,7,8,9);/q;+1/p-1. The van der Waals surface area contributed by atoms with Crippen LogP contribution in [0, 0.1) is 12.0 Å². The van der Waals surface area contributed by atoms with Gasteiger partial charge < -0.3 is 9.29 Å². The van der Waals surface area contributed by atoms with Gasteiger partial charge in [-0.05, 0) is 12.3 Å². The molecule has 0 N–H and O–H groups in total. The molecule has 0 radical (unpaired) electrons. The van der Waals surface area contributed by atoms with Gasteiger partial charge >= 0.3 is 29.6 Å². The van der Waals surface area contributed by atoms with Crippen LogP contribution in [0.2, 0.25) is 0 Å². The van der Waals surface area contributed by atoms with Crippen molar-refractivity contribution in [2.24, 2.45) is 0 Å². The minimum absolute atomic E-state index is 0. The third-order valence-corrected chi connectivity index (χ3v) is 1.20. The summed E-state index contributed by atoms with van der Waals surface area (Å²) in [5.41, 5.74) is 0. The average molecular weight is 200 g/mol. The smallest absolute Gasteiger partial charge is 0.747 e. The molecule has 0 heterocycles. The van der Waals surface area contributed by atoms with Crippen molar-refractivity contribution in [1.82, 2.24) is 0 Å². The fourth-order valence-corrected chi connectivity index (χ4v) is 0.558. The Morgan fingerprint density at radius 2 is 2.08 bits per heavy atom. The number of ether oxygens (including phenoxy) is 1. The normalized spacial score (nSPS) is 9.17. The zero-order chi connectivity index (χ0) is 8.74. The van der Waals surface area contributed by atoms with E-state index in [1.165, 1.54) is 0 Å². The first-order chi connectivity index (χ1) is 5.06. The maximum atomic E-state index is 9.95. The van der Waals surface area contributed by atoms with Gasteiger partial charge in [-0.3, -0.25) is 0 Å². The fraction of sp³-hybridized carbons (Fsp3) is 0.667. The van der Waals surface area contributed by atoms with Crippen LogP contribution < -0.4 is 29.6 Å². The Bertz CT molecular complexity index is 248. The van der Waals surface area contributed by atoms with Gasteiger partial charge in [0.1, 0.15) is 22.0 Å². The predicted molar refractivity (Wildman–Crippen MR) is 38.6 cm³/mol. The van der Waals surface area contributed by atoms with Crippen molar-refractivity contribution in [3.63, 3.8) is 0 Å². The maximum Gasteiger partial charge on any atom is 1.00 e. The minimum atomic E-state index is -4.21. The molecule has 0 aromatic heterocycles. The van der Waals surface area contributed by atoms with Crippen molar-refractivity contribution in [3.8, 4) is 12.0 Å². The zero-order valence-corrected chi connectivity index (χ0v) is 9.98. The molecule has 0 aliphatic rings. The van der Waals surface area contributed by atoms with Crippen LogP contribution in [0.4, 0.5) is 0 Å². The molecule has 0 saturated heterocycles. The summed E-state index contributed by atoms with van der Waals surface area (Å²) >= 11 is 0. The molecule has 0 saturated carbocycles. The molecule has 0 aromatic rings. The van der Waals surface area contributed by atoms with Crippen molar-refractivity contribution in [3.05, 3.63) is 0 Å². The number of hydrogen-bond donors (Lipinski definition) is 0. The third kappa shape index (κ3) is 12.9. The van der Waals surface area contributed by atoms with E-state index >= 15 is 0 Å². The molecule has 12 heavy (non-hydrogen) atoms. The summed E-state index contributed by atoms with van der Waals surface area (Å²) in [6, 6.07) is 0. The number of hydrogen-bond acceptors (Lipinski definition) is 4. The molecule has 0 aromatic carbocycles. The van der Waals surface area contributed by atoms with Crippen LogP contribution in [-0.4, -0.2) is 25.3 Å². The van der Waals surface area contributed by atoms with E-state index in [-0.39, 0.29) is 29.6 Å². The van der Waals surface area contributed by atoms with Crippen molar-refractivity contribution in [2.45, 2.75) is 13.3 Å². The van der Waals surface area contributed by atoms with Crippen molar-refractivity contribution in [1.29, 1.82) is 0 Å². The summed E-state index contributed by atoms with van der Waals surface area (Å²) in [4.78, 5) is 0. The second-order valence-electron chi connectivity index (χ2n) is 1.83. The zero-order valence-electron chi connectivity index (χ0n) is 7.16. The van der Waals surface area contributed by atoms with E-state index in [1.807, 2.05) is 6.92 Å². The van der Waals surface area contributed by atoms with Gasteiger partial charge in [-0.15, -0.1) is 0 Å². The van der Waals surface area contributed by atoms with Gasteiger partial charge in [0.05, 0.1) is 6.61 Å². The van der Waals surface area contributed by atoms with Crippen molar-refractivity contribution < 1.29 is 47.3 Å². The van der Waals surface area contributed by atoms with E-state index in [0.29, 0.717) is 6.61 Å². The summed E-state index contributed by atoms with van der Waals surface area (Å²) in [7, 11) is -4.21. The Labute approximate surface area is 94.7 Å². The molecule has 0 amide bonds. The van der Waals surface area contributed by atoms with Crippen LogP contribution >= 0.6 is 0 Å². The van der Waals surface area contributed by atoms with Gasteiger partial charge in [0.2, 0.25) is 0 Å². The molecule has 0 aliphatic heterocycles. The molecule has 64 valence electrons. The summed E-state index contributed by atoms with van der Waals surface area (Å²) in [6.07, 6.45) is 2.92. The molecule has 4 nitrogen and oxygen atoms in total. The molecule has 0 spiro atoms. The second kappa shape index (κ2) is 7.90. The van der Waals surface area contributed by atoms with Crippen LogP contribution in [0.15, 0.2) is 0 Å². The molecule has 0 unspecified atom stereocenters. The Balaban J connectivity index is 0. The van der Waals surface area contributed by atoms with Gasteiger partial charge in [0.15, 0.2) is 0 Å². The van der Waals surface area contributed by atoms with Crippen LogP contribution in [0.1, 0.15) is 13.3 Å². The topological polar surface area (TPSA) is 66.4 Å². The largest absolute Gasteiger partial charge is 1.00 e. The van der Waals surface area contributed by atoms with E-state index in [9.17, 15) is 13.0 Å². The van der Waals surface area contributed by atoms with Gasteiger partial charge in [0.25, 0.3) is 0 Å². The van der Waals surface area contributed by atoms with Gasteiger partial charge in [-0.25, -0.2) is 8.42 Å². The Morgan fingerprint density at radius 1 is 1.50 bits per heavy atom. The summed E-state index contributed by atoms with van der Waals surface area (Å²) in [5.74, 6) is 1.40.